The first-order valence-electron chi connectivity index (χ1n) is 14.8. The molecule has 0 aliphatic rings. The average Bonchev–Trinajstić information content (AvgIpc) is 3.62. The lowest BCUT2D eigenvalue weighted by Gasteiger charge is -2.08. The van der Waals surface area contributed by atoms with Crippen molar-refractivity contribution in [3.63, 3.8) is 0 Å². The Balaban J connectivity index is 0.000000320. The monoisotopic (exact) mass is 586 g/mol. The molecule has 41 heavy (non-hydrogen) atoms. The normalized spacial score (nSPS) is 10.7. The van der Waals surface area contributed by atoms with E-state index in [9.17, 15) is 9.59 Å². The Morgan fingerprint density at radius 3 is 2.29 bits per heavy atom. The number of ether oxygens (including phenoxy) is 1. The summed E-state index contributed by atoms with van der Waals surface area (Å²) < 4.78 is 6.78. The minimum absolute atomic E-state index is 0.0934. The van der Waals surface area contributed by atoms with Gasteiger partial charge in [0.25, 0.3) is 0 Å². The number of aromatic nitrogens is 3. The maximum absolute atomic E-state index is 12.6. The molecule has 0 amide bonds. The lowest BCUT2D eigenvalue weighted by atomic mass is 10.1. The lowest BCUT2D eigenvalue weighted by molar-refractivity contribution is -0.137. The van der Waals surface area contributed by atoms with Crippen LogP contribution in [-0.4, -0.2) is 50.8 Å². The van der Waals surface area contributed by atoms with E-state index < -0.39 is 12.1 Å². The van der Waals surface area contributed by atoms with Gasteiger partial charge in [0.05, 0.1) is 23.2 Å². The van der Waals surface area contributed by atoms with Gasteiger partial charge in [-0.2, -0.15) is 0 Å². The Morgan fingerprint density at radius 1 is 1.00 bits per heavy atom. The van der Waals surface area contributed by atoms with Crippen LogP contribution >= 0.6 is 11.3 Å². The van der Waals surface area contributed by atoms with Crippen LogP contribution in [0.15, 0.2) is 35.2 Å². The predicted molar refractivity (Wildman–Crippen MR) is 165 cm³/mol. The van der Waals surface area contributed by atoms with E-state index in [0.717, 1.165) is 13.0 Å². The number of imidazole rings is 1. The number of benzene rings is 1. The molecule has 5 N–H and O–H groups in total. The molecule has 226 valence electrons. The molecular formula is C30H46N6O4S. The van der Waals surface area contributed by atoms with Gasteiger partial charge >= 0.3 is 12.1 Å². The largest absolute Gasteiger partial charge is 0.481 e. The molecule has 2 heterocycles. The van der Waals surface area contributed by atoms with Crippen molar-refractivity contribution in [3.05, 3.63) is 35.2 Å². The van der Waals surface area contributed by atoms with E-state index in [4.69, 9.17) is 21.0 Å². The maximum Gasteiger partial charge on any atom is 0.420 e. The number of carbonyl (C=O) groups excluding carboxylic acids is 1. The van der Waals surface area contributed by atoms with Crippen LogP contribution in [-0.2, 0) is 9.53 Å². The number of nitrogens with two attached hydrogens (primary N) is 1. The van der Waals surface area contributed by atoms with Crippen molar-refractivity contribution in [2.75, 3.05) is 13.2 Å². The van der Waals surface area contributed by atoms with Gasteiger partial charge in [-0.25, -0.2) is 19.3 Å². The molecule has 0 saturated carbocycles. The second-order valence-electron chi connectivity index (χ2n) is 9.97. The van der Waals surface area contributed by atoms with Gasteiger partial charge in [-0.05, 0) is 37.8 Å². The highest BCUT2D eigenvalue weighted by Crippen LogP contribution is 2.25. The van der Waals surface area contributed by atoms with Crippen molar-refractivity contribution in [1.29, 1.82) is 5.41 Å². The van der Waals surface area contributed by atoms with Crippen LogP contribution in [0, 0.1) is 5.41 Å². The first kappa shape index (κ1) is 33.7. The quantitative estimate of drug-likeness (QED) is 0.0693. The van der Waals surface area contributed by atoms with Crippen LogP contribution in [0.3, 0.4) is 0 Å². The summed E-state index contributed by atoms with van der Waals surface area (Å²) in [6.07, 6.45) is 15.0. The van der Waals surface area contributed by atoms with Gasteiger partial charge in [0.15, 0.2) is 11.8 Å². The van der Waals surface area contributed by atoms with Crippen LogP contribution < -0.4 is 11.1 Å². The molecule has 10 nitrogen and oxygen atoms in total. The summed E-state index contributed by atoms with van der Waals surface area (Å²) in [6.45, 7) is 3.35. The van der Waals surface area contributed by atoms with Gasteiger partial charge in [-0.1, -0.05) is 76.8 Å². The predicted octanol–water partition coefficient (Wildman–Crippen LogP) is 7.18. The van der Waals surface area contributed by atoms with Crippen molar-refractivity contribution in [2.45, 2.75) is 96.8 Å². The Hall–Kier alpha value is -3.47. The third-order valence-corrected chi connectivity index (χ3v) is 7.10. The van der Waals surface area contributed by atoms with Crippen LogP contribution in [0.25, 0.3) is 22.6 Å². The van der Waals surface area contributed by atoms with Crippen LogP contribution in [0.5, 0.6) is 0 Å². The number of para-hydroxylation sites is 2. The number of rotatable bonds is 18. The minimum atomic E-state index is -0.810. The van der Waals surface area contributed by atoms with E-state index in [-0.39, 0.29) is 19.0 Å². The third kappa shape index (κ3) is 13.6. The van der Waals surface area contributed by atoms with Crippen molar-refractivity contribution < 1.29 is 19.4 Å². The van der Waals surface area contributed by atoms with E-state index in [1.54, 1.807) is 5.51 Å². The molecule has 0 unspecified atom stereocenters. The maximum atomic E-state index is 12.6. The van der Waals surface area contributed by atoms with E-state index in [2.05, 4.69) is 22.2 Å². The number of nitrogens with one attached hydrogen (secondary N) is 2. The van der Waals surface area contributed by atoms with E-state index >= 15 is 0 Å². The number of carboxylic acid groups (broad SMARTS) is 1. The topological polar surface area (TPSA) is 156 Å². The number of aliphatic carboxylic acids is 1. The summed E-state index contributed by atoms with van der Waals surface area (Å²) in [5, 5.41) is 20.3. The first-order valence-corrected chi connectivity index (χ1v) is 15.7. The zero-order valence-electron chi connectivity index (χ0n) is 24.3. The molecule has 0 spiro atoms. The third-order valence-electron chi connectivity index (χ3n) is 6.51. The molecule has 0 aliphatic carbocycles. The highest BCUT2D eigenvalue weighted by Gasteiger charge is 2.20. The molecule has 0 bridgehead atoms. The zero-order chi connectivity index (χ0) is 29.7. The summed E-state index contributed by atoms with van der Waals surface area (Å²) >= 11 is 1.43. The second kappa shape index (κ2) is 20.4. The van der Waals surface area contributed by atoms with Crippen molar-refractivity contribution in [3.8, 4) is 11.5 Å². The molecule has 0 aliphatic heterocycles. The molecule has 0 saturated heterocycles. The van der Waals surface area contributed by atoms with Gasteiger partial charge in [-0.15, -0.1) is 11.3 Å². The smallest absolute Gasteiger partial charge is 0.420 e. The molecule has 3 rings (SSSR count). The van der Waals surface area contributed by atoms with E-state index in [0.29, 0.717) is 41.8 Å². The summed E-state index contributed by atoms with van der Waals surface area (Å²) in [4.78, 5) is 31.8. The highest BCUT2D eigenvalue weighted by atomic mass is 32.1. The number of hydrogen-bond donors (Lipinski definition) is 4. The molecule has 0 radical (unpaired) electrons. The Morgan fingerprint density at radius 2 is 1.66 bits per heavy atom. The fraction of sp³-hybridized carbons (Fsp3) is 0.567. The van der Waals surface area contributed by atoms with Crippen molar-refractivity contribution in [1.82, 2.24) is 19.9 Å². The van der Waals surface area contributed by atoms with Gasteiger partial charge in [0.1, 0.15) is 5.69 Å². The number of thiazole rings is 1. The number of fused-ring (bicyclic) bond motifs is 1. The molecule has 0 atom stereocenters. The van der Waals surface area contributed by atoms with Gasteiger partial charge in [0, 0.05) is 18.3 Å². The van der Waals surface area contributed by atoms with E-state index in [1.807, 2.05) is 29.6 Å². The lowest BCUT2D eigenvalue weighted by Crippen LogP contribution is -2.30. The van der Waals surface area contributed by atoms with Crippen LogP contribution in [0.2, 0.25) is 0 Å². The average molecular weight is 587 g/mol. The number of nitrogens with zero attached hydrogens (tertiary/aromatic N) is 3. The molecule has 3 aromatic rings. The zero-order valence-corrected chi connectivity index (χ0v) is 25.1. The number of guanidine groups is 1. The Bertz CT molecular complexity index is 1170. The number of unbranched alkanes of at least 4 members (excludes halogenated alkanes) is 11. The SMILES string of the molecule is CCCCCCCCCCCCNC(=N)N.O=C(O)CCCCCOC(=O)n1c(-c2cscn2)nc2ccccc21. The fourth-order valence-electron chi connectivity index (χ4n) is 4.32. The minimum Gasteiger partial charge on any atom is -0.481 e. The summed E-state index contributed by atoms with van der Waals surface area (Å²) in [5.74, 6) is -0.260. The molecule has 0 fully saturated rings. The van der Waals surface area contributed by atoms with Gasteiger partial charge in [0.2, 0.25) is 0 Å². The molecule has 2 aromatic heterocycles. The van der Waals surface area contributed by atoms with Crippen molar-refractivity contribution in [2.24, 2.45) is 5.73 Å². The Labute approximate surface area is 247 Å². The number of carboxylic acids is 1. The summed E-state index contributed by atoms with van der Waals surface area (Å²) in [7, 11) is 0. The second-order valence-corrected chi connectivity index (χ2v) is 10.7. The molecule has 1 aromatic carbocycles. The number of carbonyl (C=O) groups is 2. The van der Waals surface area contributed by atoms with Crippen molar-refractivity contribution >= 4 is 40.4 Å². The fourth-order valence-corrected chi connectivity index (χ4v) is 4.85. The standard InChI is InChI=1S/C17H17N3O4S.C13H29N3/c21-15(22)8-2-1-5-9-24-17(23)20-14-7-4-3-6-12(14)19-16(20)13-10-25-11-18-13;1-2-3-4-5-6-7-8-9-10-11-12-16-13(14)15/h3-4,6-7,10-11H,1-2,5,8-9H2,(H,21,22);2-12H2,1H3,(H4,14,15,16). The molecule has 11 heteroatoms. The van der Waals surface area contributed by atoms with Crippen LogP contribution in [0.1, 0.15) is 96.8 Å². The highest BCUT2D eigenvalue weighted by molar-refractivity contribution is 7.07. The van der Waals surface area contributed by atoms with Crippen LogP contribution in [0.4, 0.5) is 4.79 Å². The molecular weight excluding hydrogens is 540 g/mol. The summed E-state index contributed by atoms with van der Waals surface area (Å²) in [6, 6.07) is 7.34. The summed E-state index contributed by atoms with van der Waals surface area (Å²) in [5.41, 5.74) is 8.86. The van der Waals surface area contributed by atoms with E-state index in [1.165, 1.54) is 73.7 Å². The Kier molecular flexibility index (Phi) is 16.8. The van der Waals surface area contributed by atoms with Gasteiger partial charge < -0.3 is 20.9 Å². The number of hydrogen-bond acceptors (Lipinski definition) is 7. The van der Waals surface area contributed by atoms with Gasteiger partial charge in [-0.3, -0.25) is 10.2 Å². The first-order chi connectivity index (χ1) is 19.9.